The Morgan fingerprint density at radius 2 is 2.22 bits per heavy atom. The van der Waals surface area contributed by atoms with Crippen LogP contribution in [0, 0.1) is 0 Å². The van der Waals surface area contributed by atoms with E-state index in [-0.39, 0.29) is 11.0 Å². The number of hydrogen-bond acceptors (Lipinski definition) is 2. The highest BCUT2D eigenvalue weighted by Crippen LogP contribution is 2.40. The van der Waals surface area contributed by atoms with E-state index in [9.17, 15) is 13.3 Å². The molecule has 0 aliphatic heterocycles. The van der Waals surface area contributed by atoms with Gasteiger partial charge in [-0.1, -0.05) is 0 Å². The quantitative estimate of drug-likeness (QED) is 0.532. The Balaban J connectivity index is 3.80. The Hall–Kier alpha value is 1.10. The van der Waals surface area contributed by atoms with Gasteiger partial charge in [0.1, 0.15) is 0 Å². The summed E-state index contributed by atoms with van der Waals surface area (Å²) < 4.78 is 31.1. The van der Waals surface area contributed by atoms with E-state index in [4.69, 9.17) is 22.3 Å². The molecule has 0 N–H and O–H groups in total. The maximum absolute atomic E-state index is 12.3. The van der Waals surface area contributed by atoms with Crippen LogP contribution in [0.1, 0.15) is 0 Å². The summed E-state index contributed by atoms with van der Waals surface area (Å²) in [5, 5.41) is 0. The summed E-state index contributed by atoms with van der Waals surface area (Å²) >= 11 is 2.42. The Morgan fingerprint density at radius 1 is 1.78 bits per heavy atom. The number of halogens is 4. The van der Waals surface area contributed by atoms with Gasteiger partial charge < -0.3 is 4.55 Å². The molecule has 0 heterocycles. The van der Waals surface area contributed by atoms with Crippen LogP contribution < -0.4 is 0 Å². The van der Waals surface area contributed by atoms with Crippen molar-refractivity contribution < 1.29 is 13.3 Å². The van der Waals surface area contributed by atoms with Crippen molar-refractivity contribution in [3.8, 4) is 0 Å². The van der Waals surface area contributed by atoms with E-state index >= 15 is 0 Å². The summed E-state index contributed by atoms with van der Waals surface area (Å²) in [5.74, 6) is 0. The minimum absolute atomic E-state index is 0.00940. The molecule has 0 saturated carbocycles. The van der Waals surface area contributed by atoms with Crippen LogP contribution in [0.25, 0.3) is 0 Å². The third-order valence-corrected chi connectivity index (χ3v) is 4.07. The monoisotopic (exact) mass is 214 g/mol. The molecular weight excluding hydrogens is 213 g/mol. The molecule has 0 saturated heterocycles. The maximum atomic E-state index is 12.3. The zero-order valence-corrected chi connectivity index (χ0v) is 7.09. The van der Waals surface area contributed by atoms with E-state index in [0.717, 1.165) is 0 Å². The lowest BCUT2D eigenvalue weighted by atomic mass is 11.7. The molecular formula is C2H2Cl2F2OS2. The largest absolute Gasteiger partial charge is 0.610 e. The van der Waals surface area contributed by atoms with Crippen molar-refractivity contribution in [2.24, 2.45) is 0 Å². The van der Waals surface area contributed by atoms with Crippen molar-refractivity contribution in [2.45, 2.75) is 3.79 Å². The predicted octanol–water partition coefficient (Wildman–Crippen LogP) is 2.37. The second-order valence-electron chi connectivity index (χ2n) is 0.995. The van der Waals surface area contributed by atoms with Crippen LogP contribution in [0.5, 0.6) is 0 Å². The molecule has 9 heavy (non-hydrogen) atoms. The highest BCUT2D eigenvalue weighted by Gasteiger charge is 2.41. The van der Waals surface area contributed by atoms with Crippen LogP contribution in [-0.2, 0) is 11.2 Å². The van der Waals surface area contributed by atoms with Crippen LogP contribution in [0.4, 0.5) is 8.78 Å². The predicted molar refractivity (Wildman–Crippen MR) is 37.3 cm³/mol. The molecule has 0 radical (unpaired) electrons. The fourth-order valence-electron chi connectivity index (χ4n) is 0.0986. The minimum atomic E-state index is -2.70. The lowest BCUT2D eigenvalue weighted by molar-refractivity contribution is 0.458. The first kappa shape index (κ1) is 10.1. The smallest absolute Gasteiger partial charge is 0.404 e. The van der Waals surface area contributed by atoms with E-state index in [1.54, 1.807) is 0 Å². The van der Waals surface area contributed by atoms with Crippen LogP contribution in [0.2, 0.25) is 0 Å². The van der Waals surface area contributed by atoms with Crippen molar-refractivity contribution in [3.63, 3.8) is 0 Å². The topological polar surface area (TPSA) is 23.1 Å². The second-order valence-corrected chi connectivity index (χ2v) is 4.87. The van der Waals surface area contributed by atoms with E-state index < -0.39 is 21.0 Å². The summed E-state index contributed by atoms with van der Waals surface area (Å²) in [5.41, 5.74) is 0. The Labute approximate surface area is 67.8 Å². The highest BCUT2D eigenvalue weighted by molar-refractivity contribution is 8.30. The number of rotatable bonds is 3. The van der Waals surface area contributed by atoms with E-state index in [1.807, 2.05) is 0 Å². The molecule has 0 aromatic heterocycles. The Bertz CT molecular complexity index is 92.6. The van der Waals surface area contributed by atoms with Crippen molar-refractivity contribution in [2.75, 3.05) is 6.01 Å². The van der Waals surface area contributed by atoms with Gasteiger partial charge in [-0.15, -0.1) is 0 Å². The van der Waals surface area contributed by atoms with E-state index in [2.05, 4.69) is 0 Å². The van der Waals surface area contributed by atoms with Crippen molar-refractivity contribution >= 4 is 44.4 Å². The molecule has 2 unspecified atom stereocenters. The number of alkyl halides is 3. The molecule has 2 atom stereocenters. The Kier molecular flexibility index (Phi) is 4.58. The molecule has 0 spiro atoms. The van der Waals surface area contributed by atoms with Gasteiger partial charge in [0.25, 0.3) is 0 Å². The van der Waals surface area contributed by atoms with Gasteiger partial charge in [-0.25, -0.2) is 0 Å². The molecule has 7 heteroatoms. The van der Waals surface area contributed by atoms with Gasteiger partial charge >= 0.3 is 3.79 Å². The molecule has 0 aromatic rings. The van der Waals surface area contributed by atoms with Crippen molar-refractivity contribution in [3.05, 3.63) is 0 Å². The van der Waals surface area contributed by atoms with E-state index in [1.165, 1.54) is 0 Å². The average Bonchev–Trinajstić information content (AvgIpc) is 1.86. The van der Waals surface area contributed by atoms with Crippen LogP contribution in [0.15, 0.2) is 0 Å². The maximum Gasteiger partial charge on any atom is 0.404 e. The van der Waals surface area contributed by atoms with Crippen LogP contribution in [0.3, 0.4) is 0 Å². The van der Waals surface area contributed by atoms with Gasteiger partial charge in [-0.05, 0) is 22.3 Å². The minimum Gasteiger partial charge on any atom is -0.610 e. The molecule has 0 aromatic carbocycles. The fourth-order valence-corrected chi connectivity index (χ4v) is 1.40. The number of hydrogen-bond donors (Lipinski definition) is 0. The van der Waals surface area contributed by atoms with Crippen LogP contribution >= 0.6 is 33.3 Å². The first-order chi connectivity index (χ1) is 4.04. The SMILES string of the molecule is [O-][S+](CF)C(F)(Cl)SCl. The molecule has 0 rings (SSSR count). The third kappa shape index (κ3) is 3.13. The molecule has 56 valence electrons. The first-order valence-electron chi connectivity index (χ1n) is 1.66. The van der Waals surface area contributed by atoms with Gasteiger partial charge in [0, 0.05) is 11.2 Å². The van der Waals surface area contributed by atoms with Crippen molar-refractivity contribution in [1.29, 1.82) is 0 Å². The highest BCUT2D eigenvalue weighted by atomic mass is 35.7. The molecule has 0 aliphatic rings. The lowest BCUT2D eigenvalue weighted by Crippen LogP contribution is -2.23. The first-order valence-corrected chi connectivity index (χ1v) is 5.00. The van der Waals surface area contributed by atoms with E-state index in [0.29, 0.717) is 0 Å². The molecule has 0 amide bonds. The molecule has 1 nitrogen and oxygen atoms in total. The normalized spacial score (nSPS) is 21.0. The molecule has 0 aliphatic carbocycles. The summed E-state index contributed by atoms with van der Waals surface area (Å²) in [6.45, 7) is 0. The van der Waals surface area contributed by atoms with Gasteiger partial charge in [-0.2, -0.15) is 8.78 Å². The fraction of sp³-hybridized carbons (Fsp3) is 1.00. The Morgan fingerprint density at radius 3 is 2.33 bits per heavy atom. The summed E-state index contributed by atoms with van der Waals surface area (Å²) in [7, 11) is 4.81. The zero-order valence-electron chi connectivity index (χ0n) is 3.94. The third-order valence-electron chi connectivity index (χ3n) is 0.454. The van der Waals surface area contributed by atoms with Gasteiger partial charge in [0.15, 0.2) is 0 Å². The van der Waals surface area contributed by atoms with Gasteiger partial charge in [-0.3, -0.25) is 0 Å². The van der Waals surface area contributed by atoms with Crippen molar-refractivity contribution in [1.82, 2.24) is 0 Å². The molecule has 0 bridgehead atoms. The van der Waals surface area contributed by atoms with Gasteiger partial charge in [0.2, 0.25) is 6.01 Å². The summed E-state index contributed by atoms with van der Waals surface area (Å²) in [6, 6.07) is -1.33. The van der Waals surface area contributed by atoms with Gasteiger partial charge in [0.05, 0.1) is 11.0 Å². The second kappa shape index (κ2) is 4.08. The van der Waals surface area contributed by atoms with Crippen LogP contribution in [-0.4, -0.2) is 14.4 Å². The standard InChI is InChI=1S/C2H2Cl2F2OS2/c3-2(6,8-4)9(7)1-5/h1H2. The summed E-state index contributed by atoms with van der Waals surface area (Å²) in [6.07, 6.45) is 0. The average molecular weight is 215 g/mol. The lowest BCUT2D eigenvalue weighted by Gasteiger charge is -2.14. The molecule has 0 fully saturated rings. The summed E-state index contributed by atoms with van der Waals surface area (Å²) in [4.78, 5) is 0. The zero-order chi connectivity index (χ0) is 7.49.